The summed E-state index contributed by atoms with van der Waals surface area (Å²) in [6, 6.07) is 16.7. The van der Waals surface area contributed by atoms with Crippen LogP contribution in [-0.4, -0.2) is 34.4 Å². The Kier molecular flexibility index (Phi) is 7.02. The Morgan fingerprint density at radius 1 is 1.04 bits per heavy atom. The normalized spacial score (nSPS) is 14.1. The van der Waals surface area contributed by atoms with Crippen molar-refractivity contribution in [1.82, 2.24) is 4.31 Å². The molecule has 0 saturated carbocycles. The average molecular weight is 452 g/mol. The minimum atomic E-state index is -3.50. The molecular weight excluding hydrogens is 426 g/mol. The topological polar surface area (TPSA) is 37.4 Å². The molecule has 2 aromatic carbocycles. The fourth-order valence-electron chi connectivity index (χ4n) is 2.54. The number of nitrogens with zero attached hydrogens (tertiary/aromatic N) is 1. The summed E-state index contributed by atoms with van der Waals surface area (Å²) in [5, 5.41) is 0. The molecule has 0 N–H and O–H groups in total. The van der Waals surface area contributed by atoms with Crippen LogP contribution in [0.2, 0.25) is 19.6 Å². The number of hydrogen-bond donors (Lipinski definition) is 0. The molecule has 0 radical (unpaired) electrons. The van der Waals surface area contributed by atoms with Crippen LogP contribution in [0.3, 0.4) is 0 Å². The summed E-state index contributed by atoms with van der Waals surface area (Å²) >= 11 is 3.46. The summed E-state index contributed by atoms with van der Waals surface area (Å²) in [6.45, 7) is 7.21. The maximum Gasteiger partial charge on any atom is 0.242 e. The van der Waals surface area contributed by atoms with Crippen molar-refractivity contribution < 1.29 is 8.42 Å². The lowest BCUT2D eigenvalue weighted by molar-refractivity contribution is 0.458. The highest BCUT2D eigenvalue weighted by Crippen LogP contribution is 2.24. The molecule has 0 aliphatic carbocycles. The highest BCUT2D eigenvalue weighted by molar-refractivity contribution is 9.10. The van der Waals surface area contributed by atoms with Gasteiger partial charge in [-0.25, -0.2) is 12.7 Å². The van der Waals surface area contributed by atoms with Crippen molar-refractivity contribution in [1.29, 1.82) is 0 Å². The van der Waals surface area contributed by atoms with Gasteiger partial charge in [-0.15, -0.1) is 0 Å². The quantitative estimate of drug-likeness (QED) is 0.536. The average Bonchev–Trinajstić information content (AvgIpc) is 2.59. The van der Waals surface area contributed by atoms with E-state index in [1.165, 1.54) is 4.31 Å². The van der Waals surface area contributed by atoms with Gasteiger partial charge in [-0.2, -0.15) is 0 Å². The van der Waals surface area contributed by atoms with Crippen molar-refractivity contribution in [3.8, 4) is 0 Å². The molecule has 2 rings (SSSR count). The zero-order valence-electron chi connectivity index (χ0n) is 15.7. The Morgan fingerprint density at radius 2 is 1.62 bits per heavy atom. The van der Waals surface area contributed by atoms with E-state index >= 15 is 0 Å². The summed E-state index contributed by atoms with van der Waals surface area (Å²) in [6.07, 6.45) is 2.17. The predicted octanol–water partition coefficient (Wildman–Crippen LogP) is 5.29. The monoisotopic (exact) mass is 451 g/mol. The Hall–Kier alpha value is -1.21. The molecule has 1 atom stereocenters. The van der Waals surface area contributed by atoms with Crippen molar-refractivity contribution in [2.45, 2.75) is 30.5 Å². The van der Waals surface area contributed by atoms with Gasteiger partial charge in [0.2, 0.25) is 10.0 Å². The van der Waals surface area contributed by atoms with Crippen LogP contribution < -0.4 is 0 Å². The fraction of sp³-hybridized carbons (Fsp3) is 0.300. The zero-order chi connectivity index (χ0) is 19.4. The van der Waals surface area contributed by atoms with Gasteiger partial charge in [0.05, 0.1) is 13.0 Å². The van der Waals surface area contributed by atoms with Gasteiger partial charge in [0.15, 0.2) is 0 Å². The number of halogens is 1. The van der Waals surface area contributed by atoms with E-state index in [9.17, 15) is 8.42 Å². The SMILES string of the molecule is CN(C[C@H](/C=C\[Si](C)(C)C)c1ccc(Br)cc1)S(=O)(=O)c1ccccc1. The molecule has 0 unspecified atom stereocenters. The number of rotatable bonds is 7. The third-order valence-electron chi connectivity index (χ3n) is 4.03. The molecule has 0 saturated heterocycles. The molecule has 3 nitrogen and oxygen atoms in total. The molecule has 140 valence electrons. The van der Waals surface area contributed by atoms with E-state index in [2.05, 4.69) is 47.3 Å². The Balaban J connectivity index is 2.31. The van der Waals surface area contributed by atoms with Crippen LogP contribution in [0.15, 0.2) is 75.7 Å². The second-order valence-electron chi connectivity index (χ2n) is 7.48. The molecule has 2 aromatic rings. The third-order valence-corrected chi connectivity index (χ3v) is 7.59. The van der Waals surface area contributed by atoms with E-state index in [0.29, 0.717) is 11.4 Å². The van der Waals surface area contributed by atoms with Crippen molar-refractivity contribution >= 4 is 34.0 Å². The minimum Gasteiger partial charge on any atom is -0.207 e. The molecule has 0 aliphatic heterocycles. The molecule has 0 spiro atoms. The maximum absolute atomic E-state index is 12.9. The first-order chi connectivity index (χ1) is 12.1. The molecule has 0 fully saturated rings. The molecule has 0 bridgehead atoms. The van der Waals surface area contributed by atoms with E-state index in [1.54, 1.807) is 31.3 Å². The largest absolute Gasteiger partial charge is 0.242 e. The minimum absolute atomic E-state index is 0.0123. The number of hydrogen-bond acceptors (Lipinski definition) is 2. The van der Waals surface area contributed by atoms with Crippen LogP contribution in [0.4, 0.5) is 0 Å². The van der Waals surface area contributed by atoms with Gasteiger partial charge in [0.25, 0.3) is 0 Å². The van der Waals surface area contributed by atoms with Crippen LogP contribution in [-0.2, 0) is 10.0 Å². The van der Waals surface area contributed by atoms with Gasteiger partial charge in [0.1, 0.15) is 0 Å². The predicted molar refractivity (Wildman–Crippen MR) is 116 cm³/mol. The highest BCUT2D eigenvalue weighted by Gasteiger charge is 2.24. The summed E-state index contributed by atoms with van der Waals surface area (Å²) in [5.74, 6) is 0.0123. The van der Waals surface area contributed by atoms with Crippen molar-refractivity contribution in [2.24, 2.45) is 0 Å². The zero-order valence-corrected chi connectivity index (χ0v) is 19.1. The summed E-state index contributed by atoms with van der Waals surface area (Å²) in [7, 11) is -3.24. The second kappa shape index (κ2) is 8.65. The summed E-state index contributed by atoms with van der Waals surface area (Å²) < 4.78 is 28.2. The first-order valence-corrected chi connectivity index (χ1v) is 14.4. The molecule has 0 amide bonds. The number of benzene rings is 2. The van der Waals surface area contributed by atoms with E-state index in [1.807, 2.05) is 30.3 Å². The molecular formula is C20H26BrNO2SSi. The summed E-state index contributed by atoms with van der Waals surface area (Å²) in [4.78, 5) is 0.325. The Labute approximate surface area is 166 Å². The fourth-order valence-corrected chi connectivity index (χ4v) is 4.83. The standard InChI is InChI=1S/C20H26BrNO2SSi/c1-22(25(23,24)20-8-6-5-7-9-20)16-18(14-15-26(2,3)4)17-10-12-19(21)13-11-17/h5-15,18H,16H2,1-4H3/b15-14-/t18-/m0/s1. The van der Waals surface area contributed by atoms with Gasteiger partial charge < -0.3 is 0 Å². The van der Waals surface area contributed by atoms with E-state index in [-0.39, 0.29) is 5.92 Å². The lowest BCUT2D eigenvalue weighted by Crippen LogP contribution is -2.31. The Morgan fingerprint density at radius 3 is 2.15 bits per heavy atom. The third kappa shape index (κ3) is 5.91. The van der Waals surface area contributed by atoms with E-state index in [4.69, 9.17) is 0 Å². The van der Waals surface area contributed by atoms with Crippen molar-refractivity contribution in [3.05, 3.63) is 76.4 Å². The van der Waals surface area contributed by atoms with Gasteiger partial charge in [-0.3, -0.25) is 0 Å². The van der Waals surface area contributed by atoms with Crippen LogP contribution in [0.1, 0.15) is 11.5 Å². The van der Waals surface area contributed by atoms with Crippen LogP contribution in [0, 0.1) is 0 Å². The number of sulfonamides is 1. The lowest BCUT2D eigenvalue weighted by Gasteiger charge is -2.23. The molecule has 0 aliphatic rings. The van der Waals surface area contributed by atoms with Gasteiger partial charge in [-0.1, -0.05) is 77.7 Å². The smallest absolute Gasteiger partial charge is 0.207 e. The van der Waals surface area contributed by atoms with Crippen molar-refractivity contribution in [3.63, 3.8) is 0 Å². The van der Waals surface area contributed by atoms with E-state index in [0.717, 1.165) is 10.0 Å². The second-order valence-corrected chi connectivity index (χ2v) is 15.5. The van der Waals surface area contributed by atoms with Gasteiger partial charge in [0, 0.05) is 24.0 Å². The first kappa shape index (κ1) is 21.1. The molecule has 0 aromatic heterocycles. The lowest BCUT2D eigenvalue weighted by atomic mass is 9.99. The van der Waals surface area contributed by atoms with Crippen molar-refractivity contribution in [2.75, 3.05) is 13.6 Å². The van der Waals surface area contributed by atoms with Crippen LogP contribution >= 0.6 is 15.9 Å². The number of likely N-dealkylation sites (N-methyl/N-ethyl adjacent to an activating group) is 1. The molecule has 0 heterocycles. The Bertz CT molecular complexity index is 844. The van der Waals surface area contributed by atoms with Crippen LogP contribution in [0.25, 0.3) is 0 Å². The van der Waals surface area contributed by atoms with Gasteiger partial charge in [-0.05, 0) is 29.8 Å². The first-order valence-electron chi connectivity index (χ1n) is 8.56. The molecule has 26 heavy (non-hydrogen) atoms. The highest BCUT2D eigenvalue weighted by atomic mass is 79.9. The van der Waals surface area contributed by atoms with Gasteiger partial charge >= 0.3 is 0 Å². The molecule has 6 heteroatoms. The summed E-state index contributed by atoms with van der Waals surface area (Å²) in [5.41, 5.74) is 3.39. The van der Waals surface area contributed by atoms with E-state index < -0.39 is 18.1 Å². The van der Waals surface area contributed by atoms with Crippen LogP contribution in [0.5, 0.6) is 0 Å². The maximum atomic E-state index is 12.9.